The number of aromatic nitrogens is 2. The van der Waals surface area contributed by atoms with Crippen LogP contribution in [0.2, 0.25) is 0 Å². The Balaban J connectivity index is 1.73. The monoisotopic (exact) mass is 450 g/mol. The molecular weight excluding hydrogens is 432 g/mol. The maximum atomic E-state index is 12.9. The van der Waals surface area contributed by atoms with Gasteiger partial charge in [-0.1, -0.05) is 6.07 Å². The maximum Gasteiger partial charge on any atom is 0.276 e. The number of anilines is 2. The highest BCUT2D eigenvalue weighted by Gasteiger charge is 2.29. The van der Waals surface area contributed by atoms with Crippen LogP contribution in [0.4, 0.5) is 11.4 Å². The fourth-order valence-corrected chi connectivity index (χ4v) is 5.66. The number of phenolic OH excluding ortho intramolecular Hbond substituents is 1. The maximum absolute atomic E-state index is 12.9. The van der Waals surface area contributed by atoms with Crippen LogP contribution in [0.5, 0.6) is 5.75 Å². The third kappa shape index (κ3) is 3.48. The van der Waals surface area contributed by atoms with Crippen molar-refractivity contribution >= 4 is 42.7 Å². The summed E-state index contributed by atoms with van der Waals surface area (Å²) in [6, 6.07) is 8.87. The summed E-state index contributed by atoms with van der Waals surface area (Å²) in [5.74, 6) is -0.981. The molecule has 12 heteroatoms. The number of fused-ring (bicyclic) bond motifs is 1. The van der Waals surface area contributed by atoms with Crippen molar-refractivity contribution in [3.63, 3.8) is 0 Å². The van der Waals surface area contributed by atoms with Crippen LogP contribution in [-0.4, -0.2) is 55.8 Å². The molecule has 158 valence electrons. The van der Waals surface area contributed by atoms with Crippen molar-refractivity contribution in [1.29, 1.82) is 0 Å². The van der Waals surface area contributed by atoms with Crippen LogP contribution in [0.25, 0.3) is 5.52 Å². The normalized spacial score (nSPS) is 16.1. The van der Waals surface area contributed by atoms with Crippen molar-refractivity contribution in [2.24, 2.45) is 0 Å². The zero-order valence-electron chi connectivity index (χ0n) is 15.8. The predicted octanol–water partition coefficient (Wildman–Crippen LogP) is 1.24. The van der Waals surface area contributed by atoms with Gasteiger partial charge in [0, 0.05) is 19.0 Å². The fourth-order valence-electron chi connectivity index (χ4n) is 3.33. The van der Waals surface area contributed by atoms with E-state index < -0.39 is 25.8 Å². The molecule has 1 aromatic carbocycles. The van der Waals surface area contributed by atoms with Gasteiger partial charge in [0.2, 0.25) is 25.0 Å². The Labute approximate surface area is 172 Å². The molecule has 0 atom stereocenters. The number of nitrogens with zero attached hydrogens (tertiary/aromatic N) is 3. The summed E-state index contributed by atoms with van der Waals surface area (Å²) in [5.41, 5.74) is 0.424. The van der Waals surface area contributed by atoms with E-state index in [1.54, 1.807) is 18.2 Å². The number of rotatable bonds is 4. The average Bonchev–Trinajstić information content (AvgIpc) is 3.23. The number of phenols is 1. The van der Waals surface area contributed by atoms with E-state index >= 15 is 0 Å². The molecule has 1 amide bonds. The second-order valence-electron chi connectivity index (χ2n) is 6.87. The molecule has 1 aliphatic heterocycles. The lowest BCUT2D eigenvalue weighted by Gasteiger charge is -2.18. The number of carbonyl (C=O) groups excluding carboxylic acids is 1. The summed E-state index contributed by atoms with van der Waals surface area (Å²) < 4.78 is 50.9. The Kier molecular flexibility index (Phi) is 4.70. The number of sulfone groups is 1. The van der Waals surface area contributed by atoms with E-state index in [-0.39, 0.29) is 33.6 Å². The number of benzene rings is 1. The first-order valence-corrected chi connectivity index (χ1v) is 12.4. The van der Waals surface area contributed by atoms with Crippen molar-refractivity contribution in [1.82, 2.24) is 9.38 Å². The first kappa shape index (κ1) is 20.2. The molecule has 1 aliphatic rings. The van der Waals surface area contributed by atoms with Crippen LogP contribution in [-0.2, 0) is 19.9 Å². The summed E-state index contributed by atoms with van der Waals surface area (Å²) in [6.07, 6.45) is 2.95. The van der Waals surface area contributed by atoms with Gasteiger partial charge >= 0.3 is 0 Å². The SMILES string of the molecule is CS(=O)(=O)c1nc(C(=O)Nc2cc(N3CCCS3(=O)=O)ccc2O)c2ccccn12. The summed E-state index contributed by atoms with van der Waals surface area (Å²) in [7, 11) is -7.14. The Morgan fingerprint density at radius 3 is 2.67 bits per heavy atom. The van der Waals surface area contributed by atoms with Gasteiger partial charge in [-0.3, -0.25) is 13.5 Å². The minimum Gasteiger partial charge on any atom is -0.506 e. The lowest BCUT2D eigenvalue weighted by atomic mass is 10.2. The van der Waals surface area contributed by atoms with Gasteiger partial charge in [0.15, 0.2) is 5.69 Å². The summed E-state index contributed by atoms with van der Waals surface area (Å²) in [5, 5.41) is 12.4. The van der Waals surface area contributed by atoms with Crippen LogP contribution in [0, 0.1) is 0 Å². The second-order valence-corrected chi connectivity index (χ2v) is 10.8. The molecule has 0 spiro atoms. The highest BCUT2D eigenvalue weighted by atomic mass is 32.2. The van der Waals surface area contributed by atoms with Gasteiger partial charge in [-0.05, 0) is 36.8 Å². The number of sulfonamides is 1. The zero-order chi connectivity index (χ0) is 21.7. The lowest BCUT2D eigenvalue weighted by Crippen LogP contribution is -2.25. The Bertz CT molecular complexity index is 1380. The molecule has 1 saturated heterocycles. The van der Waals surface area contributed by atoms with Crippen LogP contribution >= 0.6 is 0 Å². The Hall–Kier alpha value is -3.12. The smallest absolute Gasteiger partial charge is 0.276 e. The van der Waals surface area contributed by atoms with E-state index in [0.717, 1.165) is 6.26 Å². The highest BCUT2D eigenvalue weighted by Crippen LogP contribution is 2.32. The van der Waals surface area contributed by atoms with Gasteiger partial charge in [0.05, 0.1) is 22.6 Å². The molecule has 2 aromatic heterocycles. The van der Waals surface area contributed by atoms with Gasteiger partial charge < -0.3 is 10.4 Å². The molecule has 3 heterocycles. The number of nitrogens with one attached hydrogen (secondary N) is 1. The van der Waals surface area contributed by atoms with Crippen LogP contribution in [0.1, 0.15) is 16.9 Å². The first-order valence-electron chi connectivity index (χ1n) is 8.90. The number of pyridine rings is 1. The third-order valence-electron chi connectivity index (χ3n) is 4.68. The van der Waals surface area contributed by atoms with Crippen LogP contribution in [0.15, 0.2) is 47.8 Å². The molecule has 0 aliphatic carbocycles. The van der Waals surface area contributed by atoms with Gasteiger partial charge in [-0.2, -0.15) is 0 Å². The number of hydrogen-bond donors (Lipinski definition) is 2. The van der Waals surface area contributed by atoms with E-state index in [2.05, 4.69) is 10.3 Å². The van der Waals surface area contributed by atoms with Crippen molar-refractivity contribution in [3.8, 4) is 5.75 Å². The molecule has 10 nitrogen and oxygen atoms in total. The van der Waals surface area contributed by atoms with Gasteiger partial charge in [-0.15, -0.1) is 0 Å². The molecule has 0 radical (unpaired) electrons. The van der Waals surface area contributed by atoms with Gasteiger partial charge in [0.25, 0.3) is 5.91 Å². The van der Waals surface area contributed by atoms with Crippen molar-refractivity contribution in [3.05, 3.63) is 48.3 Å². The molecule has 1 fully saturated rings. The number of imidazole rings is 1. The number of amides is 1. The van der Waals surface area contributed by atoms with E-state index in [1.807, 2.05) is 0 Å². The molecular formula is C18H18N4O6S2. The van der Waals surface area contributed by atoms with Gasteiger partial charge in [0.1, 0.15) is 5.75 Å². The minimum absolute atomic E-state index is 0.0161. The molecule has 4 rings (SSSR count). The van der Waals surface area contributed by atoms with E-state index in [0.29, 0.717) is 18.7 Å². The van der Waals surface area contributed by atoms with Gasteiger partial charge in [-0.25, -0.2) is 21.8 Å². The Morgan fingerprint density at radius 2 is 2.00 bits per heavy atom. The minimum atomic E-state index is -3.70. The molecule has 0 unspecified atom stereocenters. The van der Waals surface area contributed by atoms with E-state index in [1.165, 1.54) is 33.1 Å². The zero-order valence-corrected chi connectivity index (χ0v) is 17.4. The standard InChI is InChI=1S/C18H18N4O6S2/c1-29(25,26)18-20-16(14-5-2-3-8-21(14)18)17(24)19-13-11-12(6-7-15(13)23)22-9-4-10-30(22,27)28/h2-3,5-8,11,23H,4,9-10H2,1H3,(H,19,24). The summed E-state index contributed by atoms with van der Waals surface area (Å²) in [4.78, 5) is 16.8. The molecule has 0 saturated carbocycles. The topological polar surface area (TPSA) is 138 Å². The van der Waals surface area contributed by atoms with E-state index in [9.17, 15) is 26.7 Å². The quantitative estimate of drug-likeness (QED) is 0.570. The largest absolute Gasteiger partial charge is 0.506 e. The second kappa shape index (κ2) is 6.99. The first-order chi connectivity index (χ1) is 14.1. The van der Waals surface area contributed by atoms with Crippen molar-refractivity contribution < 1.29 is 26.7 Å². The summed E-state index contributed by atoms with van der Waals surface area (Å²) >= 11 is 0. The van der Waals surface area contributed by atoms with Crippen LogP contribution < -0.4 is 9.62 Å². The predicted molar refractivity (Wildman–Crippen MR) is 110 cm³/mol. The van der Waals surface area contributed by atoms with Crippen molar-refractivity contribution in [2.75, 3.05) is 28.2 Å². The third-order valence-corrected chi connectivity index (χ3v) is 7.50. The molecule has 0 bridgehead atoms. The highest BCUT2D eigenvalue weighted by molar-refractivity contribution is 7.93. The number of aromatic hydroxyl groups is 1. The average molecular weight is 450 g/mol. The fraction of sp³-hybridized carbons (Fsp3) is 0.222. The van der Waals surface area contributed by atoms with Crippen molar-refractivity contribution in [2.45, 2.75) is 11.6 Å². The number of hydrogen-bond acceptors (Lipinski definition) is 7. The molecule has 30 heavy (non-hydrogen) atoms. The van der Waals surface area contributed by atoms with Crippen LogP contribution in [0.3, 0.4) is 0 Å². The molecule has 2 N–H and O–H groups in total. The van der Waals surface area contributed by atoms with E-state index in [4.69, 9.17) is 0 Å². The molecule has 3 aromatic rings. The number of carbonyl (C=O) groups is 1. The summed E-state index contributed by atoms with van der Waals surface area (Å²) in [6.45, 7) is 0.309. The Morgan fingerprint density at radius 1 is 1.23 bits per heavy atom. The lowest BCUT2D eigenvalue weighted by molar-refractivity contribution is 0.102.